The highest BCUT2D eigenvalue weighted by Gasteiger charge is 2.29. The molecule has 0 fully saturated rings. The first-order valence-corrected chi connectivity index (χ1v) is 6.97. The Hall–Kier alpha value is -2.55. The number of hydrogen-bond donors (Lipinski definition) is 2. The second kappa shape index (κ2) is 7.46. The van der Waals surface area contributed by atoms with E-state index >= 15 is 0 Å². The zero-order chi connectivity index (χ0) is 16.8. The summed E-state index contributed by atoms with van der Waals surface area (Å²) in [5, 5.41) is 14.8. The third-order valence-corrected chi connectivity index (χ3v) is 3.56. The number of ether oxygens (including phenoxy) is 1. The van der Waals surface area contributed by atoms with Gasteiger partial charge in [0, 0.05) is 5.69 Å². The summed E-state index contributed by atoms with van der Waals surface area (Å²) in [6.07, 6.45) is 0. The van der Waals surface area contributed by atoms with Gasteiger partial charge in [-0.05, 0) is 25.0 Å². The molecule has 118 valence electrons. The Balaban J connectivity index is 2.74. The average molecular weight is 303 g/mol. The Morgan fingerprint density at radius 2 is 2.00 bits per heavy atom. The molecule has 6 heteroatoms. The van der Waals surface area contributed by atoms with Crippen molar-refractivity contribution in [2.75, 3.05) is 19.0 Å². The van der Waals surface area contributed by atoms with Crippen molar-refractivity contribution in [1.82, 2.24) is 5.32 Å². The number of rotatable bonds is 6. The smallest absolute Gasteiger partial charge is 0.339 e. The van der Waals surface area contributed by atoms with E-state index in [1.165, 1.54) is 7.11 Å². The molecule has 1 amide bonds. The lowest BCUT2D eigenvalue weighted by molar-refractivity contribution is -0.121. The molecule has 0 saturated carbocycles. The highest BCUT2D eigenvalue weighted by molar-refractivity contribution is 5.96. The van der Waals surface area contributed by atoms with Crippen LogP contribution in [0.4, 0.5) is 5.69 Å². The van der Waals surface area contributed by atoms with Crippen molar-refractivity contribution in [2.45, 2.75) is 26.3 Å². The van der Waals surface area contributed by atoms with Crippen LogP contribution in [0.2, 0.25) is 0 Å². The van der Waals surface area contributed by atoms with Gasteiger partial charge in [-0.2, -0.15) is 5.26 Å². The lowest BCUT2D eigenvalue weighted by Gasteiger charge is -2.27. The van der Waals surface area contributed by atoms with Crippen molar-refractivity contribution < 1.29 is 14.3 Å². The largest absolute Gasteiger partial charge is 0.465 e. The molecule has 0 aliphatic carbocycles. The number of esters is 1. The maximum atomic E-state index is 12.0. The Bertz CT molecular complexity index is 593. The number of para-hydroxylation sites is 1. The average Bonchev–Trinajstić information content (AvgIpc) is 2.52. The van der Waals surface area contributed by atoms with E-state index in [4.69, 9.17) is 4.74 Å². The van der Waals surface area contributed by atoms with E-state index < -0.39 is 11.5 Å². The summed E-state index contributed by atoms with van der Waals surface area (Å²) in [5.74, 6) is -0.825. The number of nitrogens with zero attached hydrogens (tertiary/aromatic N) is 1. The van der Waals surface area contributed by atoms with E-state index in [-0.39, 0.29) is 18.4 Å². The molecule has 0 bridgehead atoms. The van der Waals surface area contributed by atoms with Crippen LogP contribution in [0, 0.1) is 17.2 Å². The lowest BCUT2D eigenvalue weighted by atomic mass is 9.90. The zero-order valence-corrected chi connectivity index (χ0v) is 13.3. The Morgan fingerprint density at radius 3 is 2.55 bits per heavy atom. The van der Waals surface area contributed by atoms with Gasteiger partial charge in [0.25, 0.3) is 0 Å². The molecular weight excluding hydrogens is 282 g/mol. The molecule has 1 rings (SSSR count). The number of nitrogens with one attached hydrogen (secondary N) is 2. The van der Waals surface area contributed by atoms with Gasteiger partial charge in [-0.1, -0.05) is 26.0 Å². The fraction of sp³-hybridized carbons (Fsp3) is 0.438. The van der Waals surface area contributed by atoms with Crippen LogP contribution < -0.4 is 10.6 Å². The maximum Gasteiger partial charge on any atom is 0.339 e. The summed E-state index contributed by atoms with van der Waals surface area (Å²) in [6.45, 7) is 5.36. The minimum Gasteiger partial charge on any atom is -0.465 e. The molecule has 0 saturated heterocycles. The van der Waals surface area contributed by atoms with Crippen molar-refractivity contribution in [2.24, 2.45) is 5.92 Å². The van der Waals surface area contributed by atoms with Gasteiger partial charge in [0.1, 0.15) is 5.54 Å². The SMILES string of the molecule is COC(=O)c1ccccc1NCC(=O)NC(C)(C#N)C(C)C. The molecule has 0 aliphatic rings. The second-order valence-electron chi connectivity index (χ2n) is 5.41. The van der Waals surface area contributed by atoms with Gasteiger partial charge in [-0.15, -0.1) is 0 Å². The van der Waals surface area contributed by atoms with Crippen molar-refractivity contribution >= 4 is 17.6 Å². The van der Waals surface area contributed by atoms with Crippen molar-refractivity contribution in [3.63, 3.8) is 0 Å². The summed E-state index contributed by atoms with van der Waals surface area (Å²) >= 11 is 0. The highest BCUT2D eigenvalue weighted by Crippen LogP contribution is 2.17. The monoisotopic (exact) mass is 303 g/mol. The fourth-order valence-electron chi connectivity index (χ4n) is 1.74. The van der Waals surface area contributed by atoms with Gasteiger partial charge in [0.05, 0.1) is 25.3 Å². The molecule has 1 atom stereocenters. The van der Waals surface area contributed by atoms with E-state index in [0.717, 1.165) is 0 Å². The van der Waals surface area contributed by atoms with Crippen LogP contribution in [-0.4, -0.2) is 31.1 Å². The number of hydrogen-bond acceptors (Lipinski definition) is 5. The predicted octanol–water partition coefficient (Wildman–Crippen LogP) is 1.94. The molecule has 1 aromatic rings. The van der Waals surface area contributed by atoms with Crippen LogP contribution in [0.25, 0.3) is 0 Å². The molecule has 1 unspecified atom stereocenters. The molecule has 2 N–H and O–H groups in total. The fourth-order valence-corrected chi connectivity index (χ4v) is 1.74. The molecule has 22 heavy (non-hydrogen) atoms. The number of nitriles is 1. The minimum absolute atomic E-state index is 0.0243. The van der Waals surface area contributed by atoms with Crippen LogP contribution >= 0.6 is 0 Å². The van der Waals surface area contributed by atoms with Crippen molar-refractivity contribution in [3.8, 4) is 6.07 Å². The third kappa shape index (κ3) is 4.22. The minimum atomic E-state index is -0.930. The standard InChI is InChI=1S/C16H21N3O3/c1-11(2)16(3,10-17)19-14(20)9-18-13-8-6-5-7-12(13)15(21)22-4/h5-8,11,18H,9H2,1-4H3,(H,19,20). The molecule has 6 nitrogen and oxygen atoms in total. The van der Waals surface area contributed by atoms with Crippen molar-refractivity contribution in [3.05, 3.63) is 29.8 Å². The van der Waals surface area contributed by atoms with Crippen LogP contribution in [0.1, 0.15) is 31.1 Å². The summed E-state index contributed by atoms with van der Waals surface area (Å²) in [6, 6.07) is 8.87. The van der Waals surface area contributed by atoms with Crippen LogP contribution in [0.15, 0.2) is 24.3 Å². The quantitative estimate of drug-likeness (QED) is 0.784. The van der Waals surface area contributed by atoms with Crippen molar-refractivity contribution in [1.29, 1.82) is 5.26 Å². The summed E-state index contributed by atoms with van der Waals surface area (Å²) in [7, 11) is 1.30. The van der Waals surface area contributed by atoms with E-state index in [2.05, 4.69) is 16.7 Å². The van der Waals surface area contributed by atoms with Gasteiger partial charge >= 0.3 is 5.97 Å². The van der Waals surface area contributed by atoms with Crippen LogP contribution in [-0.2, 0) is 9.53 Å². The number of anilines is 1. The van der Waals surface area contributed by atoms with E-state index in [1.54, 1.807) is 31.2 Å². The summed E-state index contributed by atoms with van der Waals surface area (Å²) < 4.78 is 4.69. The van der Waals surface area contributed by atoms with Gasteiger partial charge in [-0.25, -0.2) is 4.79 Å². The van der Waals surface area contributed by atoms with E-state index in [9.17, 15) is 14.9 Å². The van der Waals surface area contributed by atoms with Gasteiger partial charge < -0.3 is 15.4 Å². The molecule has 0 spiro atoms. The second-order valence-corrected chi connectivity index (χ2v) is 5.41. The molecule has 0 aliphatic heterocycles. The lowest BCUT2D eigenvalue weighted by Crippen LogP contribution is -2.50. The highest BCUT2D eigenvalue weighted by atomic mass is 16.5. The third-order valence-electron chi connectivity index (χ3n) is 3.56. The first-order valence-electron chi connectivity index (χ1n) is 6.97. The number of methoxy groups -OCH3 is 1. The summed E-state index contributed by atoms with van der Waals surface area (Å²) in [4.78, 5) is 23.6. The zero-order valence-electron chi connectivity index (χ0n) is 13.3. The summed E-state index contributed by atoms with van der Waals surface area (Å²) in [5.41, 5.74) is -0.0712. The first-order chi connectivity index (χ1) is 10.3. The number of carbonyl (C=O) groups is 2. The number of carbonyl (C=O) groups excluding carboxylic acids is 2. The Morgan fingerprint density at radius 1 is 1.36 bits per heavy atom. The molecule has 0 heterocycles. The number of amides is 1. The number of benzene rings is 1. The molecule has 0 radical (unpaired) electrons. The molecular formula is C16H21N3O3. The topological polar surface area (TPSA) is 91.2 Å². The van der Waals surface area contributed by atoms with Gasteiger partial charge in [0.15, 0.2) is 0 Å². The normalized spacial score (nSPS) is 12.9. The molecule has 0 aromatic heterocycles. The van der Waals surface area contributed by atoms with Crippen LogP contribution in [0.3, 0.4) is 0 Å². The first kappa shape index (κ1) is 17.5. The van der Waals surface area contributed by atoms with Crippen LogP contribution in [0.5, 0.6) is 0 Å². The van der Waals surface area contributed by atoms with Gasteiger partial charge in [-0.3, -0.25) is 4.79 Å². The Kier molecular flexibility index (Phi) is 5.93. The maximum absolute atomic E-state index is 12.0. The van der Waals surface area contributed by atoms with Gasteiger partial charge in [0.2, 0.25) is 5.91 Å². The van der Waals surface area contributed by atoms with E-state index in [0.29, 0.717) is 11.3 Å². The Labute approximate surface area is 130 Å². The molecule has 1 aromatic carbocycles. The predicted molar refractivity (Wildman–Crippen MR) is 83.3 cm³/mol. The van der Waals surface area contributed by atoms with E-state index in [1.807, 2.05) is 13.8 Å².